The Bertz CT molecular complexity index is 1120. The molecule has 0 unspecified atom stereocenters. The summed E-state index contributed by atoms with van der Waals surface area (Å²) >= 11 is 15.4. The van der Waals surface area contributed by atoms with Crippen LogP contribution in [0.5, 0.6) is 11.5 Å². The lowest BCUT2D eigenvalue weighted by Gasteiger charge is -2.22. The molecule has 0 radical (unpaired) electrons. The molecule has 2 amide bonds. The molecule has 0 bridgehead atoms. The first-order valence-corrected chi connectivity index (χ1v) is 12.3. The number of hydrogen-bond donors (Lipinski definition) is 2. The molecule has 10 heteroatoms. The van der Waals surface area contributed by atoms with Crippen molar-refractivity contribution in [2.45, 2.75) is 39.3 Å². The number of hydrogen-bond acceptors (Lipinski definition) is 5. The Morgan fingerprint density at radius 3 is 2.51 bits per heavy atom. The van der Waals surface area contributed by atoms with Gasteiger partial charge >= 0.3 is 0 Å². The molecule has 2 N–H and O–H groups in total. The zero-order chi connectivity index (χ0) is 26.0. The minimum atomic E-state index is -0.905. The number of benzene rings is 2. The molecule has 0 spiro atoms. The summed E-state index contributed by atoms with van der Waals surface area (Å²) in [6, 6.07) is 9.18. The van der Waals surface area contributed by atoms with Crippen molar-refractivity contribution in [2.24, 2.45) is 11.0 Å². The lowest BCUT2D eigenvalue weighted by atomic mass is 10.0. The molecule has 2 rings (SSSR count). The standard InChI is InChI=1S/C25H26BrCl2N3O4/c1-5-10-34-22-8-6-18(26)12-17(22)14-29-31-25(33)21(11-15(2)3)30-24(32)16(4)35-23-9-7-19(27)13-20(23)28/h1,6-9,12-16,21H,10-11H2,2-4H3,(H,30,32)(H,31,33)/b29-14-/t16-,21-/m1/s1. The minimum Gasteiger partial charge on any atom is -0.480 e. The van der Waals surface area contributed by atoms with Gasteiger partial charge in [0.1, 0.15) is 24.1 Å². The molecular formula is C25H26BrCl2N3O4. The highest BCUT2D eigenvalue weighted by atomic mass is 79.9. The van der Waals surface area contributed by atoms with Gasteiger partial charge in [-0.1, -0.05) is 58.9 Å². The van der Waals surface area contributed by atoms with E-state index >= 15 is 0 Å². The smallest absolute Gasteiger partial charge is 0.262 e. The first-order chi connectivity index (χ1) is 16.6. The van der Waals surface area contributed by atoms with Crippen LogP contribution in [0, 0.1) is 18.3 Å². The van der Waals surface area contributed by atoms with E-state index in [2.05, 4.69) is 37.7 Å². The van der Waals surface area contributed by atoms with Crippen molar-refractivity contribution < 1.29 is 19.1 Å². The van der Waals surface area contributed by atoms with Crippen molar-refractivity contribution in [3.05, 3.63) is 56.5 Å². The molecule has 0 aromatic heterocycles. The normalized spacial score (nSPS) is 12.6. The van der Waals surface area contributed by atoms with Crippen LogP contribution in [0.3, 0.4) is 0 Å². The van der Waals surface area contributed by atoms with E-state index in [0.717, 1.165) is 4.47 Å². The first kappa shape index (κ1) is 28.5. The van der Waals surface area contributed by atoms with E-state index < -0.39 is 24.0 Å². The fourth-order valence-electron chi connectivity index (χ4n) is 2.92. The van der Waals surface area contributed by atoms with Crippen LogP contribution in [0.2, 0.25) is 10.0 Å². The third-order valence-electron chi connectivity index (χ3n) is 4.57. The molecule has 7 nitrogen and oxygen atoms in total. The molecule has 0 heterocycles. The number of rotatable bonds is 11. The molecule has 0 saturated heterocycles. The van der Waals surface area contributed by atoms with Gasteiger partial charge in [0.25, 0.3) is 11.8 Å². The molecule has 0 saturated carbocycles. The van der Waals surface area contributed by atoms with Crippen LogP contribution in [0.1, 0.15) is 32.8 Å². The largest absolute Gasteiger partial charge is 0.480 e. The number of amides is 2. The van der Waals surface area contributed by atoms with Crippen molar-refractivity contribution in [3.8, 4) is 23.8 Å². The molecule has 2 atom stereocenters. The van der Waals surface area contributed by atoms with Gasteiger partial charge in [-0.05, 0) is 55.7 Å². The van der Waals surface area contributed by atoms with Gasteiger partial charge < -0.3 is 14.8 Å². The van der Waals surface area contributed by atoms with Crippen LogP contribution in [0.25, 0.3) is 0 Å². The van der Waals surface area contributed by atoms with Gasteiger partial charge in [0.05, 0.1) is 11.2 Å². The first-order valence-electron chi connectivity index (χ1n) is 10.7. The molecule has 2 aromatic rings. The van der Waals surface area contributed by atoms with Crippen molar-refractivity contribution in [2.75, 3.05) is 6.61 Å². The average Bonchev–Trinajstić information content (AvgIpc) is 2.79. The van der Waals surface area contributed by atoms with Crippen LogP contribution in [0.15, 0.2) is 46.0 Å². The maximum atomic E-state index is 12.8. The Morgan fingerprint density at radius 1 is 1.14 bits per heavy atom. The van der Waals surface area contributed by atoms with Crippen LogP contribution in [-0.4, -0.2) is 36.8 Å². The molecule has 0 fully saturated rings. The van der Waals surface area contributed by atoms with Crippen LogP contribution in [-0.2, 0) is 9.59 Å². The summed E-state index contributed by atoms with van der Waals surface area (Å²) in [4.78, 5) is 25.6. The maximum absolute atomic E-state index is 12.8. The summed E-state index contributed by atoms with van der Waals surface area (Å²) in [7, 11) is 0. The zero-order valence-corrected chi connectivity index (χ0v) is 22.6. The van der Waals surface area contributed by atoms with Crippen molar-refractivity contribution in [1.29, 1.82) is 0 Å². The predicted octanol–water partition coefficient (Wildman–Crippen LogP) is 5.22. The highest BCUT2D eigenvalue weighted by Gasteiger charge is 2.25. The Morgan fingerprint density at radius 2 is 1.86 bits per heavy atom. The van der Waals surface area contributed by atoms with E-state index in [9.17, 15) is 9.59 Å². The van der Waals surface area contributed by atoms with Gasteiger partial charge in [-0.15, -0.1) is 6.42 Å². The number of carbonyl (C=O) groups excluding carboxylic acids is 2. The van der Waals surface area contributed by atoms with E-state index in [4.69, 9.17) is 39.1 Å². The van der Waals surface area contributed by atoms with E-state index in [0.29, 0.717) is 28.5 Å². The highest BCUT2D eigenvalue weighted by Crippen LogP contribution is 2.28. The van der Waals surface area contributed by atoms with Crippen LogP contribution >= 0.6 is 39.1 Å². The fraction of sp³-hybridized carbons (Fsp3) is 0.320. The molecule has 0 aliphatic rings. The summed E-state index contributed by atoms with van der Waals surface area (Å²) in [6.45, 7) is 5.55. The number of hydrazone groups is 1. The number of carbonyl (C=O) groups is 2. The Kier molecular flexibility index (Phi) is 11.4. The molecule has 35 heavy (non-hydrogen) atoms. The Labute approximate surface area is 223 Å². The number of ether oxygens (including phenoxy) is 2. The summed E-state index contributed by atoms with van der Waals surface area (Å²) in [5, 5.41) is 7.48. The summed E-state index contributed by atoms with van der Waals surface area (Å²) in [5.74, 6) is 2.41. The van der Waals surface area contributed by atoms with Crippen molar-refractivity contribution in [1.82, 2.24) is 10.7 Å². The topological polar surface area (TPSA) is 89.0 Å². The van der Waals surface area contributed by atoms with Crippen molar-refractivity contribution in [3.63, 3.8) is 0 Å². The molecule has 186 valence electrons. The highest BCUT2D eigenvalue weighted by molar-refractivity contribution is 9.10. The van der Waals surface area contributed by atoms with Gasteiger partial charge in [0, 0.05) is 15.1 Å². The second-order valence-corrected chi connectivity index (χ2v) is 9.69. The quantitative estimate of drug-likeness (QED) is 0.216. The van der Waals surface area contributed by atoms with Crippen molar-refractivity contribution >= 4 is 57.2 Å². The van der Waals surface area contributed by atoms with E-state index in [1.54, 1.807) is 37.3 Å². The lowest BCUT2D eigenvalue weighted by Crippen LogP contribution is -2.49. The third kappa shape index (κ3) is 9.44. The summed E-state index contributed by atoms with van der Waals surface area (Å²) in [6.07, 6.45) is 6.19. The lowest BCUT2D eigenvalue weighted by molar-refractivity contribution is -0.132. The number of nitrogens with zero attached hydrogens (tertiary/aromatic N) is 1. The Balaban J connectivity index is 2.06. The summed E-state index contributed by atoms with van der Waals surface area (Å²) in [5.41, 5.74) is 3.09. The number of halogens is 3. The molecule has 0 aliphatic carbocycles. The van der Waals surface area contributed by atoms with Crippen LogP contribution < -0.4 is 20.2 Å². The van der Waals surface area contributed by atoms with E-state index in [-0.39, 0.29) is 17.5 Å². The second kappa shape index (κ2) is 14.0. The average molecular weight is 583 g/mol. The van der Waals surface area contributed by atoms with E-state index in [1.807, 2.05) is 13.8 Å². The summed E-state index contributed by atoms with van der Waals surface area (Å²) < 4.78 is 11.9. The van der Waals surface area contributed by atoms with Crippen LogP contribution in [0.4, 0.5) is 0 Å². The third-order valence-corrected chi connectivity index (χ3v) is 5.59. The second-order valence-electron chi connectivity index (χ2n) is 7.93. The molecule has 2 aromatic carbocycles. The van der Waals surface area contributed by atoms with Gasteiger partial charge in [0.2, 0.25) is 0 Å². The SMILES string of the molecule is C#CCOc1ccc(Br)cc1/C=N\NC(=O)[C@@H](CC(C)C)NC(=O)[C@@H](C)Oc1ccc(Cl)cc1Cl. The zero-order valence-electron chi connectivity index (χ0n) is 19.5. The monoisotopic (exact) mass is 581 g/mol. The molecular weight excluding hydrogens is 557 g/mol. The van der Waals surface area contributed by atoms with Gasteiger partial charge in [-0.25, -0.2) is 5.43 Å². The number of nitrogens with one attached hydrogen (secondary N) is 2. The minimum absolute atomic E-state index is 0.0960. The maximum Gasteiger partial charge on any atom is 0.262 e. The van der Waals surface area contributed by atoms with E-state index in [1.165, 1.54) is 12.3 Å². The van der Waals surface area contributed by atoms with Gasteiger partial charge in [-0.2, -0.15) is 5.10 Å². The van der Waals surface area contributed by atoms with Gasteiger partial charge in [0.15, 0.2) is 6.10 Å². The predicted molar refractivity (Wildman–Crippen MR) is 142 cm³/mol. The fourth-order valence-corrected chi connectivity index (χ4v) is 3.75. The molecule has 0 aliphatic heterocycles. The Hall–Kier alpha value is -2.73. The number of terminal acetylenes is 1. The van der Waals surface area contributed by atoms with Gasteiger partial charge in [-0.3, -0.25) is 9.59 Å².